The third-order valence-electron chi connectivity index (χ3n) is 0.686. The molecule has 0 heterocycles. The van der Waals surface area contributed by atoms with Crippen LogP contribution in [-0.2, 0) is 0 Å². The standard InChI is InChI=1S/C4H11ISi/c1-2-3-4(5)6/h4H,2-3H2,1,6H3. The number of alkyl halides is 1. The smallest absolute Gasteiger partial charge is 0.0190 e. The van der Waals surface area contributed by atoms with Gasteiger partial charge in [-0.25, -0.2) is 0 Å². The van der Waals surface area contributed by atoms with Crippen LogP contribution in [-0.4, -0.2) is 13.8 Å². The molecule has 0 fully saturated rings. The first-order valence-corrected chi connectivity index (χ1v) is 4.81. The molecular formula is C4H11ISi. The summed E-state index contributed by atoms with van der Waals surface area (Å²) in [5, 5.41) is 0. The Morgan fingerprint density at radius 1 is 1.83 bits per heavy atom. The Morgan fingerprint density at radius 2 is 2.33 bits per heavy atom. The minimum Gasteiger partial charge on any atom is -0.0872 e. The van der Waals surface area contributed by atoms with Crippen molar-refractivity contribution < 1.29 is 0 Å². The van der Waals surface area contributed by atoms with E-state index >= 15 is 0 Å². The van der Waals surface area contributed by atoms with Gasteiger partial charge < -0.3 is 0 Å². The van der Waals surface area contributed by atoms with Crippen LogP contribution in [0.2, 0.25) is 0 Å². The van der Waals surface area contributed by atoms with Crippen LogP contribution < -0.4 is 0 Å². The van der Waals surface area contributed by atoms with Crippen molar-refractivity contribution in [3.63, 3.8) is 0 Å². The predicted molar refractivity (Wildman–Crippen MR) is 42.7 cm³/mol. The summed E-state index contributed by atoms with van der Waals surface area (Å²) >= 11 is 2.50. The van der Waals surface area contributed by atoms with E-state index in [0.29, 0.717) is 0 Å². The van der Waals surface area contributed by atoms with Crippen molar-refractivity contribution >= 4 is 32.8 Å². The molecule has 0 rings (SSSR count). The highest BCUT2D eigenvalue weighted by Crippen LogP contribution is 2.01. The van der Waals surface area contributed by atoms with Gasteiger partial charge in [-0.05, 0) is 9.97 Å². The van der Waals surface area contributed by atoms with Gasteiger partial charge in [-0.1, -0.05) is 35.9 Å². The number of halogens is 1. The molecule has 6 heavy (non-hydrogen) atoms. The van der Waals surface area contributed by atoms with Gasteiger partial charge in [-0.15, -0.1) is 0 Å². The molecule has 0 aliphatic rings. The summed E-state index contributed by atoms with van der Waals surface area (Å²) in [6, 6.07) is 0. The SMILES string of the molecule is CCCC([SiH3])I. The number of hydrogen-bond acceptors (Lipinski definition) is 0. The Kier molecular flexibility index (Phi) is 4.76. The van der Waals surface area contributed by atoms with E-state index in [-0.39, 0.29) is 0 Å². The third kappa shape index (κ3) is 4.95. The maximum Gasteiger partial charge on any atom is 0.0190 e. The molecule has 1 unspecified atom stereocenters. The van der Waals surface area contributed by atoms with Crippen molar-refractivity contribution in [1.29, 1.82) is 0 Å². The summed E-state index contributed by atoms with van der Waals surface area (Å²) in [6.45, 7) is 2.24. The maximum atomic E-state index is 2.50. The summed E-state index contributed by atoms with van der Waals surface area (Å²) in [4.78, 5) is 0. The molecule has 0 saturated heterocycles. The van der Waals surface area contributed by atoms with Crippen LogP contribution in [0.25, 0.3) is 0 Å². The molecule has 0 nitrogen and oxygen atoms in total. The van der Waals surface area contributed by atoms with Crippen LogP contribution in [0.5, 0.6) is 0 Å². The molecule has 0 aromatic heterocycles. The molecule has 2 heteroatoms. The van der Waals surface area contributed by atoms with Gasteiger partial charge in [0.1, 0.15) is 0 Å². The Hall–Kier alpha value is 0.947. The summed E-state index contributed by atoms with van der Waals surface area (Å²) in [7, 11) is 1.37. The second-order valence-corrected chi connectivity index (χ2v) is 7.44. The largest absolute Gasteiger partial charge is 0.0872 e. The van der Waals surface area contributed by atoms with Crippen LogP contribution in [0.15, 0.2) is 0 Å². The normalized spacial score (nSPS) is 15.0. The molecule has 0 radical (unpaired) electrons. The summed E-state index contributed by atoms with van der Waals surface area (Å²) < 4.78 is 1.01. The highest BCUT2D eigenvalue weighted by atomic mass is 127. The monoisotopic (exact) mass is 214 g/mol. The van der Waals surface area contributed by atoms with E-state index in [0.717, 1.165) is 3.55 Å². The first-order chi connectivity index (χ1) is 2.77. The van der Waals surface area contributed by atoms with Gasteiger partial charge in [-0.2, -0.15) is 0 Å². The van der Waals surface area contributed by atoms with Gasteiger partial charge >= 0.3 is 0 Å². The zero-order valence-corrected chi connectivity index (χ0v) is 8.53. The Balaban J connectivity index is 2.63. The fraction of sp³-hybridized carbons (Fsp3) is 1.00. The van der Waals surface area contributed by atoms with Crippen molar-refractivity contribution in [2.75, 3.05) is 0 Å². The first-order valence-electron chi connectivity index (χ1n) is 2.41. The fourth-order valence-electron chi connectivity index (χ4n) is 0.398. The average molecular weight is 214 g/mol. The zero-order valence-electron chi connectivity index (χ0n) is 4.37. The van der Waals surface area contributed by atoms with Gasteiger partial charge in [-0.3, -0.25) is 0 Å². The third-order valence-corrected chi connectivity index (χ3v) is 1.89. The van der Waals surface area contributed by atoms with E-state index in [9.17, 15) is 0 Å². The lowest BCUT2D eigenvalue weighted by Crippen LogP contribution is -1.91. The van der Waals surface area contributed by atoms with Crippen LogP contribution in [0, 0.1) is 0 Å². The van der Waals surface area contributed by atoms with Gasteiger partial charge in [0.25, 0.3) is 0 Å². The highest BCUT2D eigenvalue weighted by molar-refractivity contribution is 14.1. The molecule has 0 aliphatic carbocycles. The number of rotatable bonds is 2. The molecule has 0 amide bonds. The lowest BCUT2D eigenvalue weighted by atomic mass is 10.4. The molecule has 0 aromatic rings. The molecule has 0 aromatic carbocycles. The molecule has 0 spiro atoms. The van der Waals surface area contributed by atoms with Crippen molar-refractivity contribution in [3.8, 4) is 0 Å². The molecule has 0 aliphatic heterocycles. The van der Waals surface area contributed by atoms with E-state index in [1.54, 1.807) is 0 Å². The zero-order chi connectivity index (χ0) is 4.99. The minimum absolute atomic E-state index is 1.01. The lowest BCUT2D eigenvalue weighted by Gasteiger charge is -1.93. The molecule has 0 saturated carbocycles. The van der Waals surface area contributed by atoms with Crippen molar-refractivity contribution in [1.82, 2.24) is 0 Å². The minimum atomic E-state index is 1.01. The molecule has 38 valence electrons. The van der Waals surface area contributed by atoms with E-state index in [1.807, 2.05) is 0 Å². The van der Waals surface area contributed by atoms with Gasteiger partial charge in [0.05, 0.1) is 0 Å². The van der Waals surface area contributed by atoms with Gasteiger partial charge in [0.2, 0.25) is 0 Å². The Labute approximate surface area is 56.3 Å². The molecule has 1 atom stereocenters. The van der Waals surface area contributed by atoms with Crippen molar-refractivity contribution in [2.45, 2.75) is 23.3 Å². The van der Waals surface area contributed by atoms with Crippen LogP contribution >= 0.6 is 22.6 Å². The average Bonchev–Trinajstić information content (AvgIpc) is 1.35. The van der Waals surface area contributed by atoms with Gasteiger partial charge in [0.15, 0.2) is 0 Å². The van der Waals surface area contributed by atoms with E-state index in [1.165, 1.54) is 23.1 Å². The van der Waals surface area contributed by atoms with Crippen LogP contribution in [0.4, 0.5) is 0 Å². The Morgan fingerprint density at radius 3 is 2.33 bits per heavy atom. The predicted octanol–water partition coefficient (Wildman–Crippen LogP) is 0.913. The maximum absolute atomic E-state index is 2.50. The van der Waals surface area contributed by atoms with E-state index in [2.05, 4.69) is 29.5 Å². The second kappa shape index (κ2) is 4.12. The number of hydrogen-bond donors (Lipinski definition) is 0. The Bertz CT molecular complexity index is 28.7. The fourth-order valence-corrected chi connectivity index (χ4v) is 1.60. The first kappa shape index (κ1) is 6.95. The summed E-state index contributed by atoms with van der Waals surface area (Å²) in [6.07, 6.45) is 2.78. The highest BCUT2D eigenvalue weighted by Gasteiger charge is 1.87. The molecule has 0 N–H and O–H groups in total. The van der Waals surface area contributed by atoms with Crippen molar-refractivity contribution in [2.24, 2.45) is 0 Å². The van der Waals surface area contributed by atoms with E-state index in [4.69, 9.17) is 0 Å². The molecule has 0 bridgehead atoms. The topological polar surface area (TPSA) is 0 Å². The second-order valence-electron chi connectivity index (χ2n) is 1.57. The quantitative estimate of drug-likeness (QED) is 0.364. The van der Waals surface area contributed by atoms with E-state index < -0.39 is 0 Å². The summed E-state index contributed by atoms with van der Waals surface area (Å²) in [5.74, 6) is 0. The lowest BCUT2D eigenvalue weighted by molar-refractivity contribution is 0.878. The summed E-state index contributed by atoms with van der Waals surface area (Å²) in [5.41, 5.74) is 0. The van der Waals surface area contributed by atoms with Crippen molar-refractivity contribution in [3.05, 3.63) is 0 Å². The van der Waals surface area contributed by atoms with Gasteiger partial charge in [0, 0.05) is 10.2 Å². The van der Waals surface area contributed by atoms with Crippen LogP contribution in [0.1, 0.15) is 19.8 Å². The molecular weight excluding hydrogens is 203 g/mol. The van der Waals surface area contributed by atoms with Crippen LogP contribution in [0.3, 0.4) is 0 Å².